The van der Waals surface area contributed by atoms with E-state index >= 15 is 0 Å². The molecule has 0 aromatic heterocycles. The third-order valence-corrected chi connectivity index (χ3v) is 12.4. The Morgan fingerprint density at radius 3 is 1.14 bits per heavy atom. The summed E-state index contributed by atoms with van der Waals surface area (Å²) in [6, 6.07) is 37.4. The van der Waals surface area contributed by atoms with Gasteiger partial charge in [-0.25, -0.2) is 19.2 Å². The van der Waals surface area contributed by atoms with Crippen LogP contribution in [0.15, 0.2) is 168 Å². The number of carbonyl (C=O) groups excluding carboxylic acids is 4. The van der Waals surface area contributed by atoms with Crippen molar-refractivity contribution in [1.29, 1.82) is 0 Å². The van der Waals surface area contributed by atoms with Crippen LogP contribution < -0.4 is 49.7 Å². The first kappa shape index (κ1) is 49.0. The van der Waals surface area contributed by atoms with Gasteiger partial charge in [0.25, 0.3) is 0 Å². The van der Waals surface area contributed by atoms with Crippen molar-refractivity contribution in [3.63, 3.8) is 0 Å². The van der Waals surface area contributed by atoms with Crippen molar-refractivity contribution < 1.29 is 53.9 Å². The van der Waals surface area contributed by atoms with Crippen molar-refractivity contribution >= 4 is 78.6 Å². The van der Waals surface area contributed by atoms with E-state index in [1.165, 1.54) is 66.7 Å². The Labute approximate surface area is 403 Å². The second-order valence-electron chi connectivity index (χ2n) is 15.5. The van der Waals surface area contributed by atoms with Crippen LogP contribution in [0.5, 0.6) is 23.0 Å². The number of hydrogen-bond donors (Lipinski definition) is 6. The van der Waals surface area contributed by atoms with E-state index in [-0.39, 0.29) is 22.9 Å². The highest BCUT2D eigenvalue weighted by Gasteiger charge is 2.24. The quantitative estimate of drug-likeness (QED) is 0.0557. The maximum atomic E-state index is 13.5. The van der Waals surface area contributed by atoms with E-state index in [1.807, 2.05) is 13.8 Å². The molecule has 0 heterocycles. The zero-order chi connectivity index (χ0) is 50.0. The molecule has 358 valence electrons. The molecule has 6 amide bonds. The summed E-state index contributed by atoms with van der Waals surface area (Å²) in [5.74, 6) is 0.292. The molecule has 0 spiro atoms. The summed E-state index contributed by atoms with van der Waals surface area (Å²) >= 11 is 0. The van der Waals surface area contributed by atoms with E-state index in [4.69, 9.17) is 17.8 Å². The molecule has 7 aromatic carbocycles. The molecule has 70 heavy (non-hydrogen) atoms. The summed E-state index contributed by atoms with van der Waals surface area (Å²) in [5.41, 5.74) is 5.03. The van der Waals surface area contributed by atoms with Gasteiger partial charge in [0.2, 0.25) is 0 Å². The number of hydrogen-bond acceptors (Lipinski definition) is 12. The first-order chi connectivity index (χ1) is 33.3. The summed E-state index contributed by atoms with van der Waals surface area (Å²) < 4.78 is 75.1. The summed E-state index contributed by atoms with van der Waals surface area (Å²) in [6.45, 7) is 7.30. The highest BCUT2D eigenvalue weighted by molar-refractivity contribution is 7.88. The Balaban J connectivity index is 0.936. The maximum Gasteiger partial charge on any atom is 0.417 e. The largest absolute Gasteiger partial charge is 0.417 e. The average Bonchev–Trinajstić information content (AvgIpc) is 3.30. The Kier molecular flexibility index (Phi) is 15.0. The molecule has 0 atom stereocenters. The normalized spacial score (nSPS) is 11.0. The van der Waals surface area contributed by atoms with Gasteiger partial charge in [0.15, 0.2) is 0 Å². The molecular formula is C50H44N6O12S2. The van der Waals surface area contributed by atoms with Crippen LogP contribution in [0.3, 0.4) is 0 Å². The summed E-state index contributed by atoms with van der Waals surface area (Å²) in [6.07, 6.45) is -1.47. The van der Waals surface area contributed by atoms with Crippen LogP contribution in [0.2, 0.25) is 0 Å². The summed E-state index contributed by atoms with van der Waals surface area (Å²) in [7, 11) is -9.30. The number of carbonyl (C=O) groups is 4. The van der Waals surface area contributed by atoms with E-state index in [9.17, 15) is 36.0 Å². The Morgan fingerprint density at radius 1 is 0.371 bits per heavy atom. The second-order valence-corrected chi connectivity index (χ2v) is 18.6. The van der Waals surface area contributed by atoms with E-state index in [2.05, 4.69) is 31.9 Å². The molecule has 0 aliphatic heterocycles. The fourth-order valence-corrected chi connectivity index (χ4v) is 8.35. The number of amides is 6. The number of urea groups is 2. The lowest BCUT2D eigenvalue weighted by molar-refractivity contribution is 0.214. The summed E-state index contributed by atoms with van der Waals surface area (Å²) in [5, 5.41) is 15.8. The fourth-order valence-electron chi connectivity index (χ4n) is 6.34. The van der Waals surface area contributed by atoms with E-state index in [1.54, 1.807) is 86.6 Å². The van der Waals surface area contributed by atoms with Crippen molar-refractivity contribution in [2.45, 2.75) is 37.5 Å². The van der Waals surface area contributed by atoms with Gasteiger partial charge in [-0.3, -0.25) is 10.6 Å². The molecule has 7 aromatic rings. The van der Waals surface area contributed by atoms with Crippen molar-refractivity contribution in [2.24, 2.45) is 0 Å². The lowest BCUT2D eigenvalue weighted by atomic mass is 10.2. The molecule has 0 fully saturated rings. The first-order valence-corrected chi connectivity index (χ1v) is 23.8. The number of benzene rings is 7. The summed E-state index contributed by atoms with van der Waals surface area (Å²) in [4.78, 5) is 50.0. The van der Waals surface area contributed by atoms with Crippen LogP contribution in [0.4, 0.5) is 53.3 Å². The van der Waals surface area contributed by atoms with Gasteiger partial charge in [-0.2, -0.15) is 16.8 Å². The van der Waals surface area contributed by atoms with Gasteiger partial charge in [-0.15, -0.1) is 0 Å². The number of ether oxygens (including phenoxy) is 2. The molecule has 7 rings (SSSR count). The van der Waals surface area contributed by atoms with E-state index in [0.29, 0.717) is 45.4 Å². The van der Waals surface area contributed by atoms with Gasteiger partial charge < -0.3 is 39.1 Å². The zero-order valence-electron chi connectivity index (χ0n) is 37.7. The molecule has 20 heteroatoms. The van der Waals surface area contributed by atoms with Gasteiger partial charge in [0.1, 0.15) is 32.8 Å². The third-order valence-electron chi connectivity index (χ3n) is 9.91. The molecular weight excluding hydrogens is 941 g/mol. The van der Waals surface area contributed by atoms with Gasteiger partial charge in [-0.05, 0) is 130 Å². The van der Waals surface area contributed by atoms with Crippen molar-refractivity contribution in [3.05, 3.63) is 180 Å². The molecule has 0 bridgehead atoms. The van der Waals surface area contributed by atoms with Crippen molar-refractivity contribution in [3.8, 4) is 23.0 Å². The predicted molar refractivity (Wildman–Crippen MR) is 264 cm³/mol. The van der Waals surface area contributed by atoms with Gasteiger partial charge in [-0.1, -0.05) is 65.7 Å². The predicted octanol–water partition coefficient (Wildman–Crippen LogP) is 11.0. The number of rotatable bonds is 14. The highest BCUT2D eigenvalue weighted by Crippen LogP contribution is 2.28. The number of anilines is 6. The fraction of sp³-hybridized carbons (Fsp3) is 0.0800. The standard InChI is InChI=1S/C50H44N6O12S2/c1-31-14-22-39(23-15-31)65-49(59)53-37-20-18-33(3)45(28-37)55-47(57)51-35-8-5-10-41(26-35)67-69(61,62)43-12-7-13-44(30-43)70(63,64)68-42-11-6-9-36(27-42)52-48(58)56-46-29-38(21-19-34(46)4)54-50(60)66-40-24-16-32(2)17-25-40/h5-30H,1-4H3,(H,53,59)(H,54,60)(H2,51,55,57)(H2,52,56,58). The molecule has 0 saturated carbocycles. The second kappa shape index (κ2) is 21.4. The SMILES string of the molecule is Cc1ccc(OC(=O)Nc2ccc(C)c(NC(=O)Nc3cccc(OS(=O)(=O)c4cccc(S(=O)(=O)Oc5cccc(NC(=O)Nc6cc(NC(=O)Oc7ccc(C)cc7)ccc6C)c5)c4)c3)c2)cc1. The molecule has 0 unspecified atom stereocenters. The molecule has 0 aliphatic carbocycles. The van der Waals surface area contributed by atoms with Crippen LogP contribution in [0.25, 0.3) is 0 Å². The molecule has 18 nitrogen and oxygen atoms in total. The van der Waals surface area contributed by atoms with Crippen molar-refractivity contribution in [2.75, 3.05) is 31.9 Å². The smallest absolute Gasteiger partial charge is 0.410 e. The van der Waals surface area contributed by atoms with Crippen LogP contribution in [0.1, 0.15) is 22.3 Å². The number of aryl methyl sites for hydroxylation is 4. The zero-order valence-corrected chi connectivity index (χ0v) is 39.4. The minimum absolute atomic E-state index is 0.146. The average molecular weight is 985 g/mol. The van der Waals surface area contributed by atoms with E-state index in [0.717, 1.165) is 29.3 Å². The Hall–Kier alpha value is -8.88. The molecule has 0 aliphatic rings. The molecule has 0 radical (unpaired) electrons. The Bertz CT molecular complexity index is 3120. The highest BCUT2D eigenvalue weighted by atomic mass is 32.2. The van der Waals surface area contributed by atoms with Crippen LogP contribution in [-0.4, -0.2) is 41.1 Å². The maximum absolute atomic E-state index is 13.5. The lowest BCUT2D eigenvalue weighted by Gasteiger charge is -2.14. The number of nitrogens with one attached hydrogen (secondary N) is 6. The molecule has 0 saturated heterocycles. The van der Waals surface area contributed by atoms with Crippen LogP contribution >= 0.6 is 0 Å². The van der Waals surface area contributed by atoms with Gasteiger partial charge in [0, 0.05) is 46.3 Å². The van der Waals surface area contributed by atoms with E-state index < -0.39 is 54.3 Å². The topological polar surface area (TPSA) is 246 Å². The lowest BCUT2D eigenvalue weighted by Crippen LogP contribution is -2.21. The minimum Gasteiger partial charge on any atom is -0.410 e. The monoisotopic (exact) mass is 984 g/mol. The Morgan fingerprint density at radius 2 is 0.743 bits per heavy atom. The third kappa shape index (κ3) is 13.6. The van der Waals surface area contributed by atoms with Gasteiger partial charge >= 0.3 is 44.5 Å². The minimum atomic E-state index is -4.65. The first-order valence-electron chi connectivity index (χ1n) is 21.0. The molecule has 6 N–H and O–H groups in total. The van der Waals surface area contributed by atoms with Crippen molar-refractivity contribution in [1.82, 2.24) is 0 Å². The van der Waals surface area contributed by atoms with Crippen LogP contribution in [-0.2, 0) is 20.2 Å². The van der Waals surface area contributed by atoms with Gasteiger partial charge in [0.05, 0.1) is 0 Å². The van der Waals surface area contributed by atoms with Crippen LogP contribution in [0, 0.1) is 27.7 Å².